The van der Waals surface area contributed by atoms with E-state index < -0.39 is 17.8 Å². The van der Waals surface area contributed by atoms with Crippen LogP contribution in [0.5, 0.6) is 0 Å². The number of benzene rings is 4. The fourth-order valence-corrected chi connectivity index (χ4v) is 4.77. The van der Waals surface area contributed by atoms with Gasteiger partial charge in [0.2, 0.25) is 0 Å². The summed E-state index contributed by atoms with van der Waals surface area (Å²) in [7, 11) is 0. The summed E-state index contributed by atoms with van der Waals surface area (Å²) in [6.45, 7) is 2.51. The van der Waals surface area contributed by atoms with Crippen LogP contribution in [0.2, 0.25) is 0 Å². The predicted octanol–water partition coefficient (Wildman–Crippen LogP) is 6.21. The standard InChI is InChI=1S/C31H28N2O3/c1-2-3-18-32-29(34)28(30(35)33(31(32)36)19-17-22-11-5-4-6-12-22)21-27-25-15-9-7-13-23(25)20-24-14-8-10-16-26(24)27/h4-16,20-21H,2-3,17-19H2,1H3. The number of fused-ring (bicyclic) bond motifs is 2. The number of carbonyl (C=O) groups excluding carboxylic acids is 3. The van der Waals surface area contributed by atoms with E-state index in [0.29, 0.717) is 12.8 Å². The molecule has 0 unspecified atom stereocenters. The van der Waals surface area contributed by atoms with E-state index in [-0.39, 0.29) is 18.7 Å². The van der Waals surface area contributed by atoms with E-state index in [1.165, 1.54) is 9.80 Å². The van der Waals surface area contributed by atoms with Crippen LogP contribution in [0, 0.1) is 0 Å². The summed E-state index contributed by atoms with van der Waals surface area (Å²) in [6.07, 6.45) is 3.74. The van der Waals surface area contributed by atoms with E-state index in [4.69, 9.17) is 0 Å². The SMILES string of the molecule is CCCCN1C(=O)C(=Cc2c3ccccc3cc3ccccc23)C(=O)N(CCc2ccccc2)C1=O. The Bertz CT molecular complexity index is 1440. The van der Waals surface area contributed by atoms with Gasteiger partial charge in [0.05, 0.1) is 0 Å². The second-order valence-electron chi connectivity index (χ2n) is 9.08. The molecule has 0 N–H and O–H groups in total. The van der Waals surface area contributed by atoms with Crippen molar-refractivity contribution in [2.45, 2.75) is 26.2 Å². The van der Waals surface area contributed by atoms with Crippen molar-refractivity contribution in [1.29, 1.82) is 0 Å². The van der Waals surface area contributed by atoms with Crippen molar-refractivity contribution in [1.82, 2.24) is 9.80 Å². The number of rotatable bonds is 7. The molecule has 0 radical (unpaired) electrons. The molecule has 0 atom stereocenters. The fourth-order valence-electron chi connectivity index (χ4n) is 4.77. The van der Waals surface area contributed by atoms with Gasteiger partial charge in [0.25, 0.3) is 11.8 Å². The maximum absolute atomic E-state index is 13.7. The minimum absolute atomic E-state index is 0.0280. The van der Waals surface area contributed by atoms with Gasteiger partial charge in [-0.15, -0.1) is 0 Å². The minimum Gasteiger partial charge on any atom is -0.268 e. The number of hydrogen-bond acceptors (Lipinski definition) is 3. The van der Waals surface area contributed by atoms with Gasteiger partial charge in [0.1, 0.15) is 5.57 Å². The zero-order valence-electron chi connectivity index (χ0n) is 20.3. The Balaban J connectivity index is 1.62. The molecule has 1 heterocycles. The Morgan fingerprint density at radius 1 is 0.694 bits per heavy atom. The molecule has 0 aliphatic carbocycles. The maximum Gasteiger partial charge on any atom is 0.333 e. The molecule has 0 aromatic heterocycles. The third-order valence-corrected chi connectivity index (χ3v) is 6.72. The van der Waals surface area contributed by atoms with E-state index in [2.05, 4.69) is 6.07 Å². The number of nitrogens with zero attached hydrogens (tertiary/aromatic N) is 2. The average Bonchev–Trinajstić information content (AvgIpc) is 2.91. The third-order valence-electron chi connectivity index (χ3n) is 6.72. The molecular weight excluding hydrogens is 448 g/mol. The largest absolute Gasteiger partial charge is 0.333 e. The lowest BCUT2D eigenvalue weighted by Gasteiger charge is -2.34. The molecule has 4 aromatic carbocycles. The number of unbranched alkanes of at least 4 members (excludes halogenated alkanes) is 1. The molecule has 180 valence electrons. The van der Waals surface area contributed by atoms with Gasteiger partial charge in [-0.25, -0.2) is 4.79 Å². The fraction of sp³-hybridized carbons (Fsp3) is 0.194. The van der Waals surface area contributed by atoms with Crippen LogP contribution in [0.1, 0.15) is 30.9 Å². The highest BCUT2D eigenvalue weighted by atomic mass is 16.2. The lowest BCUT2D eigenvalue weighted by atomic mass is 9.94. The second-order valence-corrected chi connectivity index (χ2v) is 9.08. The molecule has 4 aromatic rings. The Morgan fingerprint density at radius 3 is 1.86 bits per heavy atom. The number of barbiturate groups is 1. The van der Waals surface area contributed by atoms with Crippen LogP contribution in [0.3, 0.4) is 0 Å². The normalized spacial score (nSPS) is 15.5. The number of hydrogen-bond donors (Lipinski definition) is 0. The smallest absolute Gasteiger partial charge is 0.268 e. The van der Waals surface area contributed by atoms with Gasteiger partial charge in [-0.05, 0) is 57.7 Å². The van der Waals surface area contributed by atoms with Crippen molar-refractivity contribution in [2.75, 3.05) is 13.1 Å². The average molecular weight is 477 g/mol. The van der Waals surface area contributed by atoms with Crippen LogP contribution in [-0.4, -0.2) is 40.7 Å². The third kappa shape index (κ3) is 4.40. The monoisotopic (exact) mass is 476 g/mol. The summed E-state index contributed by atoms with van der Waals surface area (Å²) in [4.78, 5) is 42.9. The van der Waals surface area contributed by atoms with Crippen LogP contribution in [0.15, 0.2) is 90.5 Å². The molecule has 0 bridgehead atoms. The first-order chi connectivity index (χ1) is 17.6. The van der Waals surface area contributed by atoms with Crippen LogP contribution in [-0.2, 0) is 16.0 Å². The molecule has 1 fully saturated rings. The van der Waals surface area contributed by atoms with E-state index in [9.17, 15) is 14.4 Å². The summed E-state index contributed by atoms with van der Waals surface area (Å²) >= 11 is 0. The van der Waals surface area contributed by atoms with Gasteiger partial charge in [-0.1, -0.05) is 92.2 Å². The Hall–Kier alpha value is -4.25. The van der Waals surface area contributed by atoms with E-state index in [1.54, 1.807) is 6.08 Å². The van der Waals surface area contributed by atoms with Crippen molar-refractivity contribution < 1.29 is 14.4 Å². The van der Waals surface area contributed by atoms with Gasteiger partial charge in [0, 0.05) is 13.1 Å². The molecule has 5 rings (SSSR count). The van der Waals surface area contributed by atoms with E-state index in [1.807, 2.05) is 85.8 Å². The quantitative estimate of drug-likeness (QED) is 0.181. The van der Waals surface area contributed by atoms with Crippen molar-refractivity contribution in [2.24, 2.45) is 0 Å². The molecule has 5 nitrogen and oxygen atoms in total. The molecule has 4 amide bonds. The zero-order chi connectivity index (χ0) is 25.1. The molecule has 0 spiro atoms. The highest BCUT2D eigenvalue weighted by Crippen LogP contribution is 2.32. The second kappa shape index (κ2) is 10.2. The van der Waals surface area contributed by atoms with E-state index >= 15 is 0 Å². The number of carbonyl (C=O) groups is 3. The van der Waals surface area contributed by atoms with Crippen molar-refractivity contribution in [3.05, 3.63) is 102 Å². The number of amides is 4. The van der Waals surface area contributed by atoms with Crippen LogP contribution in [0.25, 0.3) is 27.6 Å². The van der Waals surface area contributed by atoms with Gasteiger partial charge in [0.15, 0.2) is 0 Å². The van der Waals surface area contributed by atoms with Gasteiger partial charge < -0.3 is 0 Å². The summed E-state index contributed by atoms with van der Waals surface area (Å²) in [5, 5.41) is 3.96. The summed E-state index contributed by atoms with van der Waals surface area (Å²) < 4.78 is 0. The molecular formula is C31H28N2O3. The zero-order valence-corrected chi connectivity index (χ0v) is 20.3. The first kappa shape index (κ1) is 23.5. The first-order valence-corrected chi connectivity index (χ1v) is 12.4. The molecule has 0 saturated carbocycles. The Kier molecular flexibility index (Phi) is 6.63. The topological polar surface area (TPSA) is 57.7 Å². The lowest BCUT2D eigenvalue weighted by molar-refractivity contribution is -0.135. The summed E-state index contributed by atoms with van der Waals surface area (Å²) in [6, 6.07) is 27.2. The van der Waals surface area contributed by atoms with Gasteiger partial charge in [-0.2, -0.15) is 0 Å². The Labute approximate surface area is 210 Å². The first-order valence-electron chi connectivity index (χ1n) is 12.4. The van der Waals surface area contributed by atoms with E-state index in [0.717, 1.165) is 39.1 Å². The maximum atomic E-state index is 13.7. The highest BCUT2D eigenvalue weighted by molar-refractivity contribution is 6.31. The van der Waals surface area contributed by atoms with Crippen molar-refractivity contribution in [3.8, 4) is 0 Å². The van der Waals surface area contributed by atoms with Gasteiger partial charge in [-0.3, -0.25) is 19.4 Å². The molecule has 1 saturated heterocycles. The molecule has 5 heteroatoms. The predicted molar refractivity (Wildman–Crippen MR) is 143 cm³/mol. The van der Waals surface area contributed by atoms with Gasteiger partial charge >= 0.3 is 6.03 Å². The van der Waals surface area contributed by atoms with Crippen LogP contribution >= 0.6 is 0 Å². The molecule has 36 heavy (non-hydrogen) atoms. The number of imide groups is 2. The van der Waals surface area contributed by atoms with Crippen LogP contribution in [0.4, 0.5) is 4.79 Å². The summed E-state index contributed by atoms with van der Waals surface area (Å²) in [5.41, 5.74) is 1.87. The lowest BCUT2D eigenvalue weighted by Crippen LogP contribution is -2.56. The molecule has 1 aliphatic rings. The summed E-state index contributed by atoms with van der Waals surface area (Å²) in [5.74, 6) is -1.06. The van der Waals surface area contributed by atoms with Crippen molar-refractivity contribution in [3.63, 3.8) is 0 Å². The highest BCUT2D eigenvalue weighted by Gasteiger charge is 2.41. The van der Waals surface area contributed by atoms with Crippen molar-refractivity contribution >= 4 is 45.5 Å². The minimum atomic E-state index is -0.536. The number of urea groups is 1. The van der Waals surface area contributed by atoms with Crippen LogP contribution < -0.4 is 0 Å². The Morgan fingerprint density at radius 2 is 1.25 bits per heavy atom. The molecule has 1 aliphatic heterocycles.